The SMILES string of the molecule is C=C(C)C(=O)OC(C)OC1CCCC1. The molecule has 0 aromatic rings. The molecule has 0 radical (unpaired) electrons. The van der Waals surface area contributed by atoms with Crippen molar-refractivity contribution < 1.29 is 14.3 Å². The molecule has 3 heteroatoms. The van der Waals surface area contributed by atoms with Crippen LogP contribution < -0.4 is 0 Å². The molecule has 0 aromatic carbocycles. The van der Waals surface area contributed by atoms with E-state index in [1.165, 1.54) is 12.8 Å². The normalized spacial score (nSPS) is 19.3. The van der Waals surface area contributed by atoms with Gasteiger partial charge >= 0.3 is 5.97 Å². The van der Waals surface area contributed by atoms with Crippen molar-refractivity contribution in [1.82, 2.24) is 0 Å². The van der Waals surface area contributed by atoms with Gasteiger partial charge in [-0.1, -0.05) is 19.4 Å². The van der Waals surface area contributed by atoms with Gasteiger partial charge < -0.3 is 9.47 Å². The Kier molecular flexibility index (Phi) is 4.14. The molecule has 0 aliphatic heterocycles. The van der Waals surface area contributed by atoms with E-state index < -0.39 is 6.29 Å². The summed E-state index contributed by atoms with van der Waals surface area (Å²) in [6.07, 6.45) is 4.40. The Bertz CT molecular complexity index is 217. The largest absolute Gasteiger partial charge is 0.433 e. The van der Waals surface area contributed by atoms with Crippen LogP contribution in [-0.4, -0.2) is 18.4 Å². The van der Waals surface area contributed by atoms with Crippen molar-refractivity contribution in [3.8, 4) is 0 Å². The molecule has 0 aromatic heterocycles. The fraction of sp³-hybridized carbons (Fsp3) is 0.727. The van der Waals surface area contributed by atoms with Gasteiger partial charge in [0.15, 0.2) is 0 Å². The smallest absolute Gasteiger partial charge is 0.335 e. The van der Waals surface area contributed by atoms with Crippen LogP contribution in [0.2, 0.25) is 0 Å². The van der Waals surface area contributed by atoms with Gasteiger partial charge in [-0.2, -0.15) is 0 Å². The first-order valence-corrected chi connectivity index (χ1v) is 5.11. The summed E-state index contributed by atoms with van der Waals surface area (Å²) in [6, 6.07) is 0. The van der Waals surface area contributed by atoms with Crippen molar-refractivity contribution in [2.24, 2.45) is 0 Å². The first kappa shape index (κ1) is 11.2. The van der Waals surface area contributed by atoms with Gasteiger partial charge in [-0.25, -0.2) is 4.79 Å². The molecule has 0 N–H and O–H groups in total. The highest BCUT2D eigenvalue weighted by Gasteiger charge is 2.20. The van der Waals surface area contributed by atoms with E-state index in [1.54, 1.807) is 13.8 Å². The maximum Gasteiger partial charge on any atom is 0.335 e. The van der Waals surface area contributed by atoms with E-state index in [-0.39, 0.29) is 12.1 Å². The standard InChI is InChI=1S/C11H18O3/c1-8(2)11(12)14-9(3)13-10-6-4-5-7-10/h9-10H,1,4-7H2,2-3H3. The van der Waals surface area contributed by atoms with Crippen molar-refractivity contribution in [3.05, 3.63) is 12.2 Å². The second-order valence-electron chi connectivity index (χ2n) is 3.80. The predicted molar refractivity (Wildman–Crippen MR) is 53.7 cm³/mol. The average Bonchev–Trinajstić information content (AvgIpc) is 2.56. The molecule has 0 bridgehead atoms. The first-order chi connectivity index (χ1) is 6.59. The van der Waals surface area contributed by atoms with Gasteiger partial charge in [0, 0.05) is 5.57 Å². The fourth-order valence-corrected chi connectivity index (χ4v) is 1.57. The van der Waals surface area contributed by atoms with E-state index in [9.17, 15) is 4.79 Å². The van der Waals surface area contributed by atoms with E-state index in [1.807, 2.05) is 0 Å². The zero-order valence-electron chi connectivity index (χ0n) is 8.91. The van der Waals surface area contributed by atoms with Gasteiger partial charge in [0.2, 0.25) is 6.29 Å². The summed E-state index contributed by atoms with van der Waals surface area (Å²) in [6.45, 7) is 6.89. The van der Waals surface area contributed by atoms with Crippen LogP contribution in [0.25, 0.3) is 0 Å². The number of esters is 1. The molecule has 1 aliphatic rings. The van der Waals surface area contributed by atoms with Crippen LogP contribution in [0.15, 0.2) is 12.2 Å². The monoisotopic (exact) mass is 198 g/mol. The van der Waals surface area contributed by atoms with Crippen molar-refractivity contribution in [1.29, 1.82) is 0 Å². The second kappa shape index (κ2) is 5.15. The highest BCUT2D eigenvalue weighted by Crippen LogP contribution is 2.22. The second-order valence-corrected chi connectivity index (χ2v) is 3.80. The Morgan fingerprint density at radius 2 is 2.00 bits per heavy atom. The lowest BCUT2D eigenvalue weighted by Crippen LogP contribution is -2.23. The topological polar surface area (TPSA) is 35.5 Å². The third-order valence-electron chi connectivity index (χ3n) is 2.31. The van der Waals surface area contributed by atoms with Crippen molar-refractivity contribution >= 4 is 5.97 Å². The van der Waals surface area contributed by atoms with E-state index >= 15 is 0 Å². The van der Waals surface area contributed by atoms with Crippen molar-refractivity contribution in [3.63, 3.8) is 0 Å². The summed E-state index contributed by atoms with van der Waals surface area (Å²) in [5.74, 6) is -0.379. The van der Waals surface area contributed by atoms with Crippen LogP contribution in [0.5, 0.6) is 0 Å². The van der Waals surface area contributed by atoms with Crippen LogP contribution >= 0.6 is 0 Å². The van der Waals surface area contributed by atoms with Crippen molar-refractivity contribution in [2.45, 2.75) is 51.9 Å². The Morgan fingerprint density at radius 1 is 1.43 bits per heavy atom. The predicted octanol–water partition coefficient (Wildman–Crippen LogP) is 2.41. The van der Waals surface area contributed by atoms with Crippen molar-refractivity contribution in [2.75, 3.05) is 0 Å². The number of carbonyl (C=O) groups excluding carboxylic acids is 1. The van der Waals surface area contributed by atoms with Crippen LogP contribution in [0, 0.1) is 0 Å². The molecular formula is C11H18O3. The molecule has 0 spiro atoms. The molecule has 1 unspecified atom stereocenters. The van der Waals surface area contributed by atoms with Crippen LogP contribution in [0.4, 0.5) is 0 Å². The highest BCUT2D eigenvalue weighted by atomic mass is 16.7. The zero-order valence-corrected chi connectivity index (χ0v) is 8.91. The van der Waals surface area contributed by atoms with E-state index in [2.05, 4.69) is 6.58 Å². The van der Waals surface area contributed by atoms with Gasteiger partial charge in [0.25, 0.3) is 0 Å². The molecule has 0 amide bonds. The van der Waals surface area contributed by atoms with Crippen LogP contribution in [0.3, 0.4) is 0 Å². The molecule has 1 atom stereocenters. The Balaban J connectivity index is 2.24. The maximum atomic E-state index is 11.1. The van der Waals surface area contributed by atoms with E-state index in [4.69, 9.17) is 9.47 Å². The van der Waals surface area contributed by atoms with Crippen LogP contribution in [0.1, 0.15) is 39.5 Å². The summed E-state index contributed by atoms with van der Waals surface area (Å²) in [4.78, 5) is 11.1. The number of rotatable bonds is 4. The molecule has 0 heterocycles. The molecule has 3 nitrogen and oxygen atoms in total. The quantitative estimate of drug-likeness (QED) is 0.395. The summed E-state index contributed by atoms with van der Waals surface area (Å²) < 4.78 is 10.6. The summed E-state index contributed by atoms with van der Waals surface area (Å²) >= 11 is 0. The molecule has 1 saturated carbocycles. The lowest BCUT2D eigenvalue weighted by molar-refractivity contribution is -0.179. The molecule has 1 rings (SSSR count). The number of hydrogen-bond donors (Lipinski definition) is 0. The minimum absolute atomic E-state index is 0.267. The molecule has 80 valence electrons. The van der Waals surface area contributed by atoms with Gasteiger partial charge in [-0.05, 0) is 26.7 Å². The molecule has 1 aliphatic carbocycles. The third-order valence-corrected chi connectivity index (χ3v) is 2.31. The Hall–Kier alpha value is -0.830. The Morgan fingerprint density at radius 3 is 2.50 bits per heavy atom. The minimum atomic E-state index is -0.456. The van der Waals surface area contributed by atoms with Gasteiger partial charge in [-0.15, -0.1) is 0 Å². The zero-order chi connectivity index (χ0) is 10.6. The van der Waals surface area contributed by atoms with Gasteiger partial charge in [-0.3, -0.25) is 0 Å². The lowest BCUT2D eigenvalue weighted by Gasteiger charge is -2.18. The molecule has 14 heavy (non-hydrogen) atoms. The molecule has 0 saturated heterocycles. The Labute approximate surface area is 85.1 Å². The third kappa shape index (κ3) is 3.50. The summed E-state index contributed by atoms with van der Waals surface area (Å²) in [7, 11) is 0. The van der Waals surface area contributed by atoms with E-state index in [0.29, 0.717) is 5.57 Å². The first-order valence-electron chi connectivity index (χ1n) is 5.11. The fourth-order valence-electron chi connectivity index (χ4n) is 1.57. The molecule has 1 fully saturated rings. The maximum absolute atomic E-state index is 11.1. The number of hydrogen-bond acceptors (Lipinski definition) is 3. The van der Waals surface area contributed by atoms with Crippen LogP contribution in [-0.2, 0) is 14.3 Å². The van der Waals surface area contributed by atoms with Gasteiger partial charge in [0.05, 0.1) is 6.10 Å². The highest BCUT2D eigenvalue weighted by molar-refractivity contribution is 5.86. The van der Waals surface area contributed by atoms with Gasteiger partial charge in [0.1, 0.15) is 0 Å². The average molecular weight is 198 g/mol. The minimum Gasteiger partial charge on any atom is -0.433 e. The summed E-state index contributed by atoms with van der Waals surface area (Å²) in [5, 5.41) is 0. The van der Waals surface area contributed by atoms with E-state index in [0.717, 1.165) is 12.8 Å². The molecular weight excluding hydrogens is 180 g/mol. The summed E-state index contributed by atoms with van der Waals surface area (Å²) in [5.41, 5.74) is 0.409. The number of ether oxygens (including phenoxy) is 2. The number of carbonyl (C=O) groups is 1. The lowest BCUT2D eigenvalue weighted by atomic mass is 10.3.